The molecule has 3 heteroatoms. The van der Waals surface area contributed by atoms with E-state index in [1.165, 1.54) is 24.8 Å². The summed E-state index contributed by atoms with van der Waals surface area (Å²) in [6.07, 6.45) is 24.1. The second-order valence-corrected chi connectivity index (χ2v) is 9.12. The zero-order valence-electron chi connectivity index (χ0n) is 20.8. The van der Waals surface area contributed by atoms with E-state index in [1.54, 1.807) is 0 Å². The number of rotatable bonds is 18. The lowest BCUT2D eigenvalue weighted by Gasteiger charge is -2.29. The molecule has 0 heterocycles. The van der Waals surface area contributed by atoms with Gasteiger partial charge in [0.25, 0.3) is 0 Å². The summed E-state index contributed by atoms with van der Waals surface area (Å²) in [4.78, 5) is 12.0. The van der Waals surface area contributed by atoms with Gasteiger partial charge in [-0.3, -0.25) is 4.79 Å². The Labute approximate surface area is 197 Å². The van der Waals surface area contributed by atoms with Gasteiger partial charge < -0.3 is 9.22 Å². The van der Waals surface area contributed by atoms with Crippen molar-refractivity contribution in [3.8, 4) is 0 Å². The Balaban J connectivity index is 1.95. The highest BCUT2D eigenvalue weighted by atomic mass is 16.5. The number of quaternary nitrogens is 1. The molecule has 0 saturated heterocycles. The van der Waals surface area contributed by atoms with E-state index in [0.29, 0.717) is 13.0 Å². The number of esters is 1. The number of unbranched alkanes of at least 4 members (excludes halogenated alkanes) is 5. The molecule has 1 aromatic rings. The lowest BCUT2D eigenvalue weighted by atomic mass is 10.1. The fraction of sp³-hybridized carbons (Fsp3) is 0.552. The van der Waals surface area contributed by atoms with Gasteiger partial charge in [0.15, 0.2) is 0 Å². The highest BCUT2D eigenvalue weighted by molar-refractivity contribution is 5.69. The van der Waals surface area contributed by atoms with Gasteiger partial charge >= 0.3 is 5.97 Å². The van der Waals surface area contributed by atoms with E-state index in [4.69, 9.17) is 4.74 Å². The standard InChI is InChI=1S/C29H46NO2/c1-4-5-6-7-8-9-10-11-12-13-14-15-16-17-21-24-29(31)32-26-25-30(2,3)27-28-22-19-18-20-23-28/h5-6,8-9,11-12,18-20,22-23H,4,7,10,13-17,21,24-27H2,1-3H3/q+1. The molecule has 1 rings (SSSR count). The van der Waals surface area contributed by atoms with E-state index in [-0.39, 0.29) is 5.97 Å². The summed E-state index contributed by atoms with van der Waals surface area (Å²) in [6, 6.07) is 10.5. The van der Waals surface area contributed by atoms with Gasteiger partial charge in [-0.25, -0.2) is 0 Å². The van der Waals surface area contributed by atoms with E-state index in [2.05, 4.69) is 81.7 Å². The number of benzene rings is 1. The number of allylic oxidation sites excluding steroid dienone is 6. The van der Waals surface area contributed by atoms with Crippen LogP contribution in [0.25, 0.3) is 0 Å². The smallest absolute Gasteiger partial charge is 0.305 e. The number of carbonyl (C=O) groups excluding carboxylic acids is 1. The molecule has 0 aliphatic heterocycles. The Morgan fingerprint density at radius 3 is 2.19 bits per heavy atom. The summed E-state index contributed by atoms with van der Waals surface area (Å²) >= 11 is 0. The number of carbonyl (C=O) groups is 1. The first kappa shape index (κ1) is 27.9. The van der Waals surface area contributed by atoms with Crippen molar-refractivity contribution >= 4 is 5.97 Å². The van der Waals surface area contributed by atoms with Crippen LogP contribution in [0.15, 0.2) is 66.8 Å². The third-order valence-corrected chi connectivity index (χ3v) is 5.44. The summed E-state index contributed by atoms with van der Waals surface area (Å²) in [5.41, 5.74) is 1.31. The van der Waals surface area contributed by atoms with Crippen LogP contribution >= 0.6 is 0 Å². The Morgan fingerprint density at radius 1 is 0.844 bits per heavy atom. The van der Waals surface area contributed by atoms with Gasteiger partial charge in [-0.05, 0) is 38.5 Å². The highest BCUT2D eigenvalue weighted by Gasteiger charge is 2.16. The Hall–Kier alpha value is -2.13. The van der Waals surface area contributed by atoms with Crippen LogP contribution in [0.2, 0.25) is 0 Å². The molecule has 32 heavy (non-hydrogen) atoms. The van der Waals surface area contributed by atoms with Crippen LogP contribution < -0.4 is 0 Å². The molecule has 0 bridgehead atoms. The predicted octanol–water partition coefficient (Wildman–Crippen LogP) is 7.40. The van der Waals surface area contributed by atoms with Gasteiger partial charge in [0.1, 0.15) is 19.7 Å². The van der Waals surface area contributed by atoms with Crippen molar-refractivity contribution in [2.75, 3.05) is 27.2 Å². The second kappa shape index (κ2) is 18.4. The minimum Gasteiger partial charge on any atom is -0.460 e. The summed E-state index contributed by atoms with van der Waals surface area (Å²) in [5.74, 6) is -0.0501. The molecule has 0 unspecified atom stereocenters. The average molecular weight is 441 g/mol. The van der Waals surface area contributed by atoms with Crippen molar-refractivity contribution in [2.24, 2.45) is 0 Å². The molecule has 0 radical (unpaired) electrons. The van der Waals surface area contributed by atoms with Crippen molar-refractivity contribution in [3.63, 3.8) is 0 Å². The van der Waals surface area contributed by atoms with Crippen LogP contribution in [0.3, 0.4) is 0 Å². The Kier molecular flexibility index (Phi) is 16.1. The van der Waals surface area contributed by atoms with Gasteiger partial charge in [-0.15, -0.1) is 0 Å². The molecule has 178 valence electrons. The third-order valence-electron chi connectivity index (χ3n) is 5.44. The Bertz CT molecular complexity index is 674. The van der Waals surface area contributed by atoms with Crippen LogP contribution in [-0.2, 0) is 16.1 Å². The molecule has 0 spiro atoms. The minimum atomic E-state index is -0.0501. The van der Waals surface area contributed by atoms with Crippen LogP contribution in [0, 0.1) is 0 Å². The molecule has 1 aromatic carbocycles. The first-order valence-electron chi connectivity index (χ1n) is 12.5. The van der Waals surface area contributed by atoms with Gasteiger partial charge in [-0.2, -0.15) is 0 Å². The SMILES string of the molecule is CCC=CCC=CCC=CCCCCCCCC(=O)OCC[N+](C)(C)Cc1ccccc1. The number of hydrogen-bond acceptors (Lipinski definition) is 2. The summed E-state index contributed by atoms with van der Waals surface area (Å²) in [7, 11) is 4.36. The maximum Gasteiger partial charge on any atom is 0.305 e. The minimum absolute atomic E-state index is 0.0501. The molecule has 0 aliphatic carbocycles. The van der Waals surface area contributed by atoms with Gasteiger partial charge in [-0.1, -0.05) is 93.0 Å². The number of nitrogens with zero attached hydrogens (tertiary/aromatic N) is 1. The molecule has 0 atom stereocenters. The zero-order valence-corrected chi connectivity index (χ0v) is 20.8. The molecular formula is C29H46NO2+. The van der Waals surface area contributed by atoms with Crippen molar-refractivity contribution in [3.05, 3.63) is 72.4 Å². The molecule has 3 nitrogen and oxygen atoms in total. The lowest BCUT2D eigenvalue weighted by molar-refractivity contribution is -0.903. The molecule has 0 aliphatic rings. The maximum atomic E-state index is 12.0. The summed E-state index contributed by atoms with van der Waals surface area (Å²) in [5, 5.41) is 0. The van der Waals surface area contributed by atoms with E-state index < -0.39 is 0 Å². The molecule has 0 amide bonds. The van der Waals surface area contributed by atoms with Crippen molar-refractivity contribution in [1.29, 1.82) is 0 Å². The Morgan fingerprint density at radius 2 is 1.47 bits per heavy atom. The van der Waals surface area contributed by atoms with Crippen molar-refractivity contribution in [1.82, 2.24) is 0 Å². The summed E-state index contributed by atoms with van der Waals surface area (Å²) in [6.45, 7) is 4.43. The van der Waals surface area contributed by atoms with Crippen molar-refractivity contribution in [2.45, 2.75) is 77.7 Å². The zero-order chi connectivity index (χ0) is 23.3. The van der Waals surface area contributed by atoms with Gasteiger partial charge in [0, 0.05) is 12.0 Å². The van der Waals surface area contributed by atoms with Crippen LogP contribution in [-0.4, -0.2) is 37.7 Å². The first-order valence-corrected chi connectivity index (χ1v) is 12.5. The summed E-state index contributed by atoms with van der Waals surface area (Å²) < 4.78 is 6.28. The van der Waals surface area contributed by atoms with Crippen LogP contribution in [0.1, 0.15) is 76.7 Å². The van der Waals surface area contributed by atoms with E-state index in [0.717, 1.165) is 56.1 Å². The normalized spacial score (nSPS) is 12.3. The number of hydrogen-bond donors (Lipinski definition) is 0. The maximum absolute atomic E-state index is 12.0. The lowest BCUT2D eigenvalue weighted by Crippen LogP contribution is -2.41. The molecule has 0 aromatic heterocycles. The number of ether oxygens (including phenoxy) is 1. The highest BCUT2D eigenvalue weighted by Crippen LogP contribution is 2.10. The molecular weight excluding hydrogens is 394 g/mol. The van der Waals surface area contributed by atoms with Crippen LogP contribution in [0.5, 0.6) is 0 Å². The van der Waals surface area contributed by atoms with Gasteiger partial charge in [0.05, 0.1) is 14.1 Å². The fourth-order valence-electron chi connectivity index (χ4n) is 3.52. The van der Waals surface area contributed by atoms with Gasteiger partial charge in [0.2, 0.25) is 0 Å². The van der Waals surface area contributed by atoms with E-state index >= 15 is 0 Å². The fourth-order valence-corrected chi connectivity index (χ4v) is 3.52. The third kappa shape index (κ3) is 16.5. The molecule has 0 fully saturated rings. The average Bonchev–Trinajstić information content (AvgIpc) is 2.76. The van der Waals surface area contributed by atoms with Crippen LogP contribution in [0.4, 0.5) is 0 Å². The molecule has 0 saturated carbocycles. The monoisotopic (exact) mass is 440 g/mol. The topological polar surface area (TPSA) is 26.3 Å². The van der Waals surface area contributed by atoms with E-state index in [1.807, 2.05) is 6.07 Å². The first-order chi connectivity index (χ1) is 15.5. The number of likely N-dealkylation sites (N-methyl/N-ethyl adjacent to an activating group) is 1. The van der Waals surface area contributed by atoms with E-state index in [9.17, 15) is 4.79 Å². The predicted molar refractivity (Wildman–Crippen MR) is 137 cm³/mol. The largest absolute Gasteiger partial charge is 0.460 e. The second-order valence-electron chi connectivity index (χ2n) is 9.12. The molecule has 0 N–H and O–H groups in total. The quantitative estimate of drug-likeness (QED) is 0.103. The van der Waals surface area contributed by atoms with Crippen molar-refractivity contribution < 1.29 is 14.0 Å².